The topological polar surface area (TPSA) is 96.0 Å². The first-order chi connectivity index (χ1) is 23.1. The number of nitrogens with one attached hydrogen (secondary N) is 1. The van der Waals surface area contributed by atoms with Crippen molar-refractivity contribution in [3.8, 4) is 0 Å². The second kappa shape index (κ2) is 14.3. The van der Waals surface area contributed by atoms with Crippen LogP contribution in [-0.4, -0.2) is 64.8 Å². The van der Waals surface area contributed by atoms with Gasteiger partial charge in [0.25, 0.3) is 0 Å². The summed E-state index contributed by atoms with van der Waals surface area (Å²) in [5.74, 6) is -4.00. The van der Waals surface area contributed by atoms with Gasteiger partial charge in [-0.2, -0.15) is 13.2 Å². The van der Waals surface area contributed by atoms with Crippen LogP contribution in [-0.2, 0) is 36.6 Å². The van der Waals surface area contributed by atoms with Crippen LogP contribution in [0.3, 0.4) is 0 Å². The molecule has 0 saturated carbocycles. The highest BCUT2D eigenvalue weighted by atomic mass is 19.4. The third-order valence-electron chi connectivity index (χ3n) is 8.81. The molecule has 0 spiro atoms. The van der Waals surface area contributed by atoms with Crippen molar-refractivity contribution in [2.24, 2.45) is 11.8 Å². The van der Waals surface area contributed by atoms with Gasteiger partial charge in [-0.3, -0.25) is 19.2 Å². The number of likely N-dealkylation sites (N-methyl/N-ethyl adjacent to an activating group) is 1. The summed E-state index contributed by atoms with van der Waals surface area (Å²) in [6, 6.07) is 21.3. The first kappa shape index (κ1) is 35.4. The minimum Gasteiger partial charge on any atom is -0.460 e. The van der Waals surface area contributed by atoms with E-state index in [9.17, 15) is 32.3 Å². The number of carbonyl (C=O) groups excluding carboxylic acids is 4. The van der Waals surface area contributed by atoms with Crippen molar-refractivity contribution in [2.75, 3.05) is 13.6 Å². The Labute approximate surface area is 283 Å². The Bertz CT molecular complexity index is 1700. The molecular formula is C38H40F3N3O5. The number of hydrogen-bond donors (Lipinski definition) is 1. The average molecular weight is 676 g/mol. The molecule has 3 amide bonds. The van der Waals surface area contributed by atoms with Crippen LogP contribution in [0.4, 0.5) is 13.2 Å². The van der Waals surface area contributed by atoms with Crippen LogP contribution < -0.4 is 5.32 Å². The third-order valence-corrected chi connectivity index (χ3v) is 8.81. The molecule has 5 rings (SSSR count). The molecular weight excluding hydrogens is 635 g/mol. The molecule has 3 aromatic carbocycles. The summed E-state index contributed by atoms with van der Waals surface area (Å²) in [5.41, 5.74) is 0.208. The van der Waals surface area contributed by atoms with Gasteiger partial charge in [0.05, 0.1) is 29.9 Å². The molecule has 5 atom stereocenters. The van der Waals surface area contributed by atoms with E-state index >= 15 is 0 Å². The van der Waals surface area contributed by atoms with Gasteiger partial charge in [0.1, 0.15) is 11.6 Å². The maximum Gasteiger partial charge on any atom is 0.416 e. The van der Waals surface area contributed by atoms with Crippen molar-refractivity contribution in [2.45, 2.75) is 63.5 Å². The molecule has 0 radical (unpaired) electrons. The molecule has 2 saturated heterocycles. The van der Waals surface area contributed by atoms with Crippen LogP contribution in [0, 0.1) is 11.8 Å². The third kappa shape index (κ3) is 8.21. The van der Waals surface area contributed by atoms with E-state index in [-0.39, 0.29) is 23.9 Å². The number of halogens is 3. The smallest absolute Gasteiger partial charge is 0.416 e. The molecule has 1 unspecified atom stereocenters. The SMILES string of the molecule is CN(Cc1cccc(C(F)(F)F)c1)C(=O)[C@@H](CC(=O)OC(C)(C)C)N1C(=O)[C@@H](C2C(=O)NC[C@@H]2c2ccccc2)[C@H]1C=Cc1ccccc1. The van der Waals surface area contributed by atoms with Gasteiger partial charge in [0, 0.05) is 26.1 Å². The fourth-order valence-electron chi connectivity index (χ4n) is 6.64. The Morgan fingerprint density at radius 3 is 2.24 bits per heavy atom. The van der Waals surface area contributed by atoms with E-state index in [0.717, 1.165) is 23.3 Å². The van der Waals surface area contributed by atoms with Crippen molar-refractivity contribution in [1.82, 2.24) is 15.1 Å². The summed E-state index contributed by atoms with van der Waals surface area (Å²) in [4.78, 5) is 57.7. The van der Waals surface area contributed by atoms with Crippen molar-refractivity contribution in [3.63, 3.8) is 0 Å². The number of esters is 1. The monoisotopic (exact) mass is 675 g/mol. The molecule has 0 aliphatic carbocycles. The first-order valence-electron chi connectivity index (χ1n) is 16.1. The number of rotatable bonds is 10. The zero-order chi connectivity index (χ0) is 35.5. The van der Waals surface area contributed by atoms with Gasteiger partial charge >= 0.3 is 12.1 Å². The first-order valence-corrected chi connectivity index (χ1v) is 16.1. The molecule has 0 aromatic heterocycles. The van der Waals surface area contributed by atoms with Crippen molar-refractivity contribution >= 4 is 29.8 Å². The van der Waals surface area contributed by atoms with Gasteiger partial charge in [0.2, 0.25) is 17.7 Å². The number of likely N-dealkylation sites (tertiary alicyclic amines) is 1. The summed E-state index contributed by atoms with van der Waals surface area (Å²) >= 11 is 0. The van der Waals surface area contributed by atoms with E-state index in [2.05, 4.69) is 5.32 Å². The molecule has 2 fully saturated rings. The fraction of sp³-hybridized carbons (Fsp3) is 0.368. The van der Waals surface area contributed by atoms with Crippen molar-refractivity contribution in [1.29, 1.82) is 0 Å². The van der Waals surface area contributed by atoms with E-state index in [1.54, 1.807) is 26.8 Å². The maximum absolute atomic E-state index is 14.3. The number of nitrogens with zero attached hydrogens (tertiary/aromatic N) is 2. The molecule has 49 heavy (non-hydrogen) atoms. The Morgan fingerprint density at radius 2 is 1.61 bits per heavy atom. The predicted molar refractivity (Wildman–Crippen MR) is 177 cm³/mol. The zero-order valence-corrected chi connectivity index (χ0v) is 27.8. The molecule has 258 valence electrons. The number of benzene rings is 3. The lowest BCUT2D eigenvalue weighted by atomic mass is 9.70. The number of β-lactam (4-membered cyclic amide) rings is 1. The van der Waals surface area contributed by atoms with Crippen LogP contribution in [0.1, 0.15) is 55.4 Å². The molecule has 2 aliphatic heterocycles. The molecule has 2 aliphatic rings. The normalized spacial score (nSPS) is 21.7. The second-order valence-electron chi connectivity index (χ2n) is 13.5. The predicted octanol–water partition coefficient (Wildman–Crippen LogP) is 5.83. The van der Waals surface area contributed by atoms with Gasteiger partial charge in [-0.15, -0.1) is 0 Å². The van der Waals surface area contributed by atoms with Crippen molar-refractivity contribution in [3.05, 3.63) is 113 Å². The minimum atomic E-state index is -4.57. The van der Waals surface area contributed by atoms with Gasteiger partial charge in [-0.25, -0.2) is 0 Å². The summed E-state index contributed by atoms with van der Waals surface area (Å²) in [7, 11) is 1.41. The van der Waals surface area contributed by atoms with Gasteiger partial charge in [-0.05, 0) is 49.6 Å². The van der Waals surface area contributed by atoms with E-state index in [1.165, 1.54) is 29.0 Å². The average Bonchev–Trinajstić information content (AvgIpc) is 3.42. The number of amides is 3. The van der Waals surface area contributed by atoms with E-state index in [4.69, 9.17) is 4.74 Å². The highest BCUT2D eigenvalue weighted by Gasteiger charge is 2.59. The molecule has 1 N–H and O–H groups in total. The summed E-state index contributed by atoms with van der Waals surface area (Å²) in [6.45, 7) is 5.18. The Hall–Kier alpha value is -4.93. The molecule has 3 aromatic rings. The molecule has 11 heteroatoms. The maximum atomic E-state index is 14.3. The fourth-order valence-corrected chi connectivity index (χ4v) is 6.64. The Balaban J connectivity index is 1.51. The molecule has 2 heterocycles. The summed E-state index contributed by atoms with van der Waals surface area (Å²) in [6.07, 6.45) is -1.48. The highest BCUT2D eigenvalue weighted by molar-refractivity contribution is 5.99. The second-order valence-corrected chi connectivity index (χ2v) is 13.5. The lowest BCUT2D eigenvalue weighted by Crippen LogP contribution is -2.69. The largest absolute Gasteiger partial charge is 0.460 e. The van der Waals surface area contributed by atoms with Crippen LogP contribution in [0.25, 0.3) is 6.08 Å². The van der Waals surface area contributed by atoms with E-state index < -0.39 is 65.5 Å². The van der Waals surface area contributed by atoms with E-state index in [1.807, 2.05) is 66.7 Å². The Kier molecular flexibility index (Phi) is 10.3. The van der Waals surface area contributed by atoms with Crippen LogP contribution in [0.2, 0.25) is 0 Å². The van der Waals surface area contributed by atoms with Crippen LogP contribution in [0.5, 0.6) is 0 Å². The lowest BCUT2D eigenvalue weighted by Gasteiger charge is -2.52. The highest BCUT2D eigenvalue weighted by Crippen LogP contribution is 2.45. The number of alkyl halides is 3. The molecule has 8 nitrogen and oxygen atoms in total. The van der Waals surface area contributed by atoms with Gasteiger partial charge in [-0.1, -0.05) is 84.9 Å². The Morgan fingerprint density at radius 1 is 0.959 bits per heavy atom. The molecule has 0 bridgehead atoms. The summed E-state index contributed by atoms with van der Waals surface area (Å²) < 4.78 is 45.8. The van der Waals surface area contributed by atoms with Crippen LogP contribution in [0.15, 0.2) is 91.0 Å². The quantitative estimate of drug-likeness (QED) is 0.216. The zero-order valence-electron chi connectivity index (χ0n) is 27.8. The lowest BCUT2D eigenvalue weighted by molar-refractivity contribution is -0.173. The number of ether oxygens (including phenoxy) is 1. The number of hydrogen-bond acceptors (Lipinski definition) is 5. The van der Waals surface area contributed by atoms with E-state index in [0.29, 0.717) is 6.54 Å². The summed E-state index contributed by atoms with van der Waals surface area (Å²) in [5, 5.41) is 2.90. The van der Waals surface area contributed by atoms with Gasteiger partial charge in [0.15, 0.2) is 0 Å². The van der Waals surface area contributed by atoms with Crippen LogP contribution >= 0.6 is 0 Å². The van der Waals surface area contributed by atoms with Gasteiger partial charge < -0.3 is 19.9 Å². The minimum absolute atomic E-state index is 0.204. The number of carbonyl (C=O) groups is 4. The standard InChI is InChI=1S/C38H40F3N3O5/c1-37(2,3)49-31(45)21-30(35(47)43(4)23-25-14-11-17-27(20-25)38(39,40)41)44-29(19-18-24-12-7-5-8-13-24)33(36(44)48)32-28(22-42-34(32)46)26-15-9-6-10-16-26/h5-20,28-30,32-33H,21-23H2,1-4H3,(H,42,46)/t28-,29-,30-,32?,33-/m1/s1. The van der Waals surface area contributed by atoms with Crippen molar-refractivity contribution < 1.29 is 37.1 Å².